The van der Waals surface area contributed by atoms with Crippen LogP contribution >= 0.6 is 0 Å². The fourth-order valence-corrected chi connectivity index (χ4v) is 2.52. The topological polar surface area (TPSA) is 75.5 Å². The molecule has 0 saturated heterocycles. The van der Waals surface area contributed by atoms with Crippen LogP contribution in [0.25, 0.3) is 5.65 Å². The van der Waals surface area contributed by atoms with Gasteiger partial charge in [0.25, 0.3) is 5.91 Å². The molecule has 2 N–H and O–H groups in total. The molecule has 2 aromatic heterocycles. The molecule has 6 heteroatoms. The smallest absolute Gasteiger partial charge is 0.270 e. The number of pyridine rings is 1. The summed E-state index contributed by atoms with van der Waals surface area (Å²) in [5, 5.41) is 5.70. The minimum absolute atomic E-state index is 0.0101. The predicted molar refractivity (Wildman–Crippen MR) is 89.5 cm³/mol. The number of imidazole rings is 1. The summed E-state index contributed by atoms with van der Waals surface area (Å²) in [6.07, 6.45) is 2.86. The van der Waals surface area contributed by atoms with Crippen LogP contribution in [0.2, 0.25) is 0 Å². The van der Waals surface area contributed by atoms with Gasteiger partial charge in [-0.25, -0.2) is 4.98 Å². The van der Waals surface area contributed by atoms with Crippen molar-refractivity contribution in [3.63, 3.8) is 0 Å². The van der Waals surface area contributed by atoms with Gasteiger partial charge in [-0.05, 0) is 45.7 Å². The van der Waals surface area contributed by atoms with E-state index in [2.05, 4.69) is 15.6 Å². The number of hydrogen-bond acceptors (Lipinski definition) is 3. The van der Waals surface area contributed by atoms with Gasteiger partial charge >= 0.3 is 0 Å². The Bertz CT molecular complexity index is 719. The monoisotopic (exact) mass is 316 g/mol. The Balaban J connectivity index is 1.96. The Labute approximate surface area is 136 Å². The van der Waals surface area contributed by atoms with Crippen LogP contribution in [0, 0.1) is 13.8 Å². The summed E-state index contributed by atoms with van der Waals surface area (Å²) in [4.78, 5) is 28.4. The van der Waals surface area contributed by atoms with Crippen LogP contribution in [0.5, 0.6) is 0 Å². The van der Waals surface area contributed by atoms with Gasteiger partial charge in [-0.2, -0.15) is 0 Å². The van der Waals surface area contributed by atoms with Gasteiger partial charge in [0, 0.05) is 25.2 Å². The van der Waals surface area contributed by atoms with Gasteiger partial charge in [-0.1, -0.05) is 6.07 Å². The van der Waals surface area contributed by atoms with E-state index in [1.54, 1.807) is 0 Å². The number of aryl methyl sites for hydroxylation is 2. The average molecular weight is 316 g/mol. The standard InChI is InChI=1S/C17H24N4O2/c1-11(2)19-14(22)8-5-9-18-17(23)15-13(4)20-16-12(3)7-6-10-21(15)16/h6-7,10-11H,5,8-9H2,1-4H3,(H,18,23)(H,19,22). The Hall–Kier alpha value is -2.37. The molecule has 124 valence electrons. The zero-order valence-corrected chi connectivity index (χ0v) is 14.1. The second-order valence-corrected chi connectivity index (χ2v) is 6.01. The highest BCUT2D eigenvalue weighted by Crippen LogP contribution is 2.15. The molecule has 0 radical (unpaired) electrons. The predicted octanol–water partition coefficient (Wildman–Crippen LogP) is 1.99. The van der Waals surface area contributed by atoms with Crippen molar-refractivity contribution in [3.05, 3.63) is 35.3 Å². The second-order valence-electron chi connectivity index (χ2n) is 6.01. The van der Waals surface area contributed by atoms with Gasteiger partial charge in [0.05, 0.1) is 5.69 Å². The molecule has 0 atom stereocenters. The van der Waals surface area contributed by atoms with E-state index in [9.17, 15) is 9.59 Å². The summed E-state index contributed by atoms with van der Waals surface area (Å²) in [6, 6.07) is 4.01. The van der Waals surface area contributed by atoms with Crippen LogP contribution in [-0.2, 0) is 4.79 Å². The SMILES string of the molecule is Cc1nc2c(C)cccn2c1C(=O)NCCCC(=O)NC(C)C. The zero-order chi connectivity index (χ0) is 17.0. The zero-order valence-electron chi connectivity index (χ0n) is 14.1. The number of rotatable bonds is 6. The first kappa shape index (κ1) is 17.0. The number of carbonyl (C=O) groups excluding carboxylic acids is 2. The van der Waals surface area contributed by atoms with E-state index < -0.39 is 0 Å². The lowest BCUT2D eigenvalue weighted by Gasteiger charge is -2.09. The number of nitrogens with one attached hydrogen (secondary N) is 2. The van der Waals surface area contributed by atoms with Crippen molar-refractivity contribution in [2.75, 3.05) is 6.54 Å². The van der Waals surface area contributed by atoms with Crippen LogP contribution in [0.1, 0.15) is 48.4 Å². The quantitative estimate of drug-likeness (QED) is 0.800. The van der Waals surface area contributed by atoms with Crippen LogP contribution < -0.4 is 10.6 Å². The van der Waals surface area contributed by atoms with Gasteiger partial charge in [0.2, 0.25) is 5.91 Å². The van der Waals surface area contributed by atoms with Gasteiger partial charge in [0.1, 0.15) is 11.3 Å². The van der Waals surface area contributed by atoms with Crippen molar-refractivity contribution in [1.29, 1.82) is 0 Å². The summed E-state index contributed by atoms with van der Waals surface area (Å²) in [7, 11) is 0. The van der Waals surface area contributed by atoms with Crippen LogP contribution in [0.4, 0.5) is 0 Å². The first-order chi connectivity index (χ1) is 10.9. The first-order valence-corrected chi connectivity index (χ1v) is 7.92. The molecule has 6 nitrogen and oxygen atoms in total. The second kappa shape index (κ2) is 7.26. The Morgan fingerprint density at radius 3 is 2.74 bits per heavy atom. The number of carbonyl (C=O) groups is 2. The third kappa shape index (κ3) is 4.09. The van der Waals surface area contributed by atoms with Gasteiger partial charge in [-0.3, -0.25) is 14.0 Å². The van der Waals surface area contributed by atoms with Crippen molar-refractivity contribution in [1.82, 2.24) is 20.0 Å². The van der Waals surface area contributed by atoms with Crippen LogP contribution in [0.15, 0.2) is 18.3 Å². The van der Waals surface area contributed by atoms with Crippen molar-refractivity contribution in [2.45, 2.75) is 46.6 Å². The molecule has 0 unspecified atom stereocenters. The van der Waals surface area contributed by atoms with E-state index in [0.717, 1.165) is 11.2 Å². The van der Waals surface area contributed by atoms with E-state index >= 15 is 0 Å². The van der Waals surface area contributed by atoms with Gasteiger partial charge in [0.15, 0.2) is 0 Å². The third-order valence-electron chi connectivity index (χ3n) is 3.55. The Morgan fingerprint density at radius 1 is 1.30 bits per heavy atom. The summed E-state index contributed by atoms with van der Waals surface area (Å²) >= 11 is 0. The van der Waals surface area contributed by atoms with Crippen LogP contribution in [-0.4, -0.2) is 33.8 Å². The summed E-state index contributed by atoms with van der Waals surface area (Å²) in [5.74, 6) is -0.152. The van der Waals surface area contributed by atoms with Crippen molar-refractivity contribution >= 4 is 17.5 Å². The molecule has 2 heterocycles. The van der Waals surface area contributed by atoms with E-state index in [1.165, 1.54) is 0 Å². The van der Waals surface area contributed by atoms with Crippen molar-refractivity contribution < 1.29 is 9.59 Å². The maximum Gasteiger partial charge on any atom is 0.270 e. The third-order valence-corrected chi connectivity index (χ3v) is 3.55. The summed E-state index contributed by atoms with van der Waals surface area (Å²) in [5.41, 5.74) is 3.08. The fraction of sp³-hybridized carbons (Fsp3) is 0.471. The number of amides is 2. The highest BCUT2D eigenvalue weighted by Gasteiger charge is 2.16. The van der Waals surface area contributed by atoms with Crippen molar-refractivity contribution in [2.24, 2.45) is 0 Å². The highest BCUT2D eigenvalue weighted by molar-refractivity contribution is 5.94. The number of aromatic nitrogens is 2. The first-order valence-electron chi connectivity index (χ1n) is 7.92. The number of nitrogens with zero attached hydrogens (tertiary/aromatic N) is 2. The molecular weight excluding hydrogens is 292 g/mol. The fourth-order valence-electron chi connectivity index (χ4n) is 2.52. The lowest BCUT2D eigenvalue weighted by atomic mass is 10.2. The maximum atomic E-state index is 12.4. The Kier molecular flexibility index (Phi) is 5.36. The molecule has 0 aliphatic rings. The minimum Gasteiger partial charge on any atom is -0.354 e. The summed E-state index contributed by atoms with van der Waals surface area (Å²) < 4.78 is 1.81. The lowest BCUT2D eigenvalue weighted by molar-refractivity contribution is -0.121. The molecule has 0 spiro atoms. The van der Waals surface area contributed by atoms with E-state index in [1.807, 2.05) is 50.4 Å². The van der Waals surface area contributed by atoms with Gasteiger partial charge in [-0.15, -0.1) is 0 Å². The normalized spacial score (nSPS) is 11.0. The van der Waals surface area contributed by atoms with E-state index in [0.29, 0.717) is 30.8 Å². The maximum absolute atomic E-state index is 12.4. The molecule has 0 fully saturated rings. The molecule has 0 aliphatic heterocycles. The Morgan fingerprint density at radius 2 is 2.04 bits per heavy atom. The highest BCUT2D eigenvalue weighted by atomic mass is 16.2. The average Bonchev–Trinajstić information content (AvgIpc) is 2.80. The molecule has 2 rings (SSSR count). The largest absolute Gasteiger partial charge is 0.354 e. The lowest BCUT2D eigenvalue weighted by Crippen LogP contribution is -2.31. The summed E-state index contributed by atoms with van der Waals surface area (Å²) in [6.45, 7) is 8.11. The molecule has 0 bridgehead atoms. The molecule has 23 heavy (non-hydrogen) atoms. The van der Waals surface area contributed by atoms with Gasteiger partial charge < -0.3 is 10.6 Å². The molecule has 0 aliphatic carbocycles. The molecule has 0 saturated carbocycles. The van der Waals surface area contributed by atoms with Crippen LogP contribution in [0.3, 0.4) is 0 Å². The number of fused-ring (bicyclic) bond motifs is 1. The molecule has 2 aromatic rings. The van der Waals surface area contributed by atoms with Crippen molar-refractivity contribution in [3.8, 4) is 0 Å². The van der Waals surface area contributed by atoms with E-state index in [-0.39, 0.29) is 17.9 Å². The molecule has 0 aromatic carbocycles. The molecular formula is C17H24N4O2. The molecule has 2 amide bonds. The number of hydrogen-bond donors (Lipinski definition) is 2. The minimum atomic E-state index is -0.162. The van der Waals surface area contributed by atoms with E-state index in [4.69, 9.17) is 0 Å².